The molecule has 4 heteroatoms. The summed E-state index contributed by atoms with van der Waals surface area (Å²) in [6.07, 6.45) is 7.40. The Morgan fingerprint density at radius 1 is 1.09 bits per heavy atom. The predicted octanol–water partition coefficient (Wildman–Crippen LogP) is 4.16. The number of benzene rings is 1. The molecule has 0 heterocycles. The first-order valence-electron chi connectivity index (χ1n) is 8.24. The van der Waals surface area contributed by atoms with E-state index in [9.17, 15) is 4.79 Å². The Kier molecular flexibility index (Phi) is 5.07. The molecule has 4 atom stereocenters. The zero-order valence-corrected chi connectivity index (χ0v) is 14.6. The molecule has 2 aliphatic carbocycles. The molecule has 2 saturated carbocycles. The maximum atomic E-state index is 12.4. The first kappa shape index (κ1) is 15.9. The molecule has 3 rings (SSSR count). The number of amides is 1. The standard InChI is InChI=1S/C18H24BrNO2/c1-22-17-8-4-12(5-9-17)18(21)20-16-7-3-13-10-15(19)6-2-14(13)11-16/h4-5,8-9,13-16H,2-3,6-7,10-11H2,1H3,(H,20,21). The summed E-state index contributed by atoms with van der Waals surface area (Å²) >= 11 is 3.77. The van der Waals surface area contributed by atoms with E-state index in [4.69, 9.17) is 4.74 Å². The number of fused-ring (bicyclic) bond motifs is 1. The van der Waals surface area contributed by atoms with Crippen LogP contribution in [0, 0.1) is 11.8 Å². The minimum absolute atomic E-state index is 0.0419. The van der Waals surface area contributed by atoms with Crippen LogP contribution in [0.4, 0.5) is 0 Å². The number of alkyl halides is 1. The SMILES string of the molecule is COc1ccc(C(=O)NC2CCC3CC(Br)CCC3C2)cc1. The van der Waals surface area contributed by atoms with Crippen molar-refractivity contribution in [3.63, 3.8) is 0 Å². The molecule has 1 N–H and O–H groups in total. The molecule has 2 aliphatic rings. The second-order valence-electron chi connectivity index (χ2n) is 6.64. The van der Waals surface area contributed by atoms with Gasteiger partial charge in [-0.15, -0.1) is 0 Å². The van der Waals surface area contributed by atoms with Crippen LogP contribution >= 0.6 is 15.9 Å². The van der Waals surface area contributed by atoms with Crippen molar-refractivity contribution in [2.75, 3.05) is 7.11 Å². The summed E-state index contributed by atoms with van der Waals surface area (Å²) < 4.78 is 5.13. The van der Waals surface area contributed by atoms with E-state index in [1.54, 1.807) is 7.11 Å². The van der Waals surface area contributed by atoms with Crippen molar-refractivity contribution >= 4 is 21.8 Å². The summed E-state index contributed by atoms with van der Waals surface area (Å²) in [6.45, 7) is 0. The van der Waals surface area contributed by atoms with Crippen LogP contribution in [-0.2, 0) is 0 Å². The molecule has 1 amide bonds. The molecule has 1 aromatic rings. The van der Waals surface area contributed by atoms with E-state index < -0.39 is 0 Å². The van der Waals surface area contributed by atoms with Crippen LogP contribution in [0.1, 0.15) is 48.9 Å². The predicted molar refractivity (Wildman–Crippen MR) is 91.6 cm³/mol. The van der Waals surface area contributed by atoms with Gasteiger partial charge in [-0.2, -0.15) is 0 Å². The van der Waals surface area contributed by atoms with Crippen LogP contribution in [0.15, 0.2) is 24.3 Å². The minimum Gasteiger partial charge on any atom is -0.497 e. The lowest BCUT2D eigenvalue weighted by molar-refractivity contribution is 0.0882. The summed E-state index contributed by atoms with van der Waals surface area (Å²) in [5.74, 6) is 2.47. The van der Waals surface area contributed by atoms with Crippen LogP contribution in [0.2, 0.25) is 0 Å². The lowest BCUT2D eigenvalue weighted by Crippen LogP contribution is -2.42. The van der Waals surface area contributed by atoms with Gasteiger partial charge in [-0.3, -0.25) is 4.79 Å². The summed E-state index contributed by atoms with van der Waals surface area (Å²) in [6, 6.07) is 7.67. The summed E-state index contributed by atoms with van der Waals surface area (Å²) in [7, 11) is 1.63. The van der Waals surface area contributed by atoms with Crippen molar-refractivity contribution in [2.45, 2.75) is 49.4 Å². The number of ether oxygens (including phenoxy) is 1. The number of halogens is 1. The van der Waals surface area contributed by atoms with Gasteiger partial charge in [-0.1, -0.05) is 15.9 Å². The highest BCUT2D eigenvalue weighted by atomic mass is 79.9. The highest BCUT2D eigenvalue weighted by Crippen LogP contribution is 2.42. The van der Waals surface area contributed by atoms with Gasteiger partial charge in [-0.25, -0.2) is 0 Å². The third-order valence-corrected chi connectivity index (χ3v) is 6.07. The van der Waals surface area contributed by atoms with Crippen LogP contribution in [0.25, 0.3) is 0 Å². The molecule has 0 bridgehead atoms. The van der Waals surface area contributed by atoms with E-state index in [0.717, 1.165) is 30.4 Å². The lowest BCUT2D eigenvalue weighted by atomic mass is 9.69. The molecule has 3 nitrogen and oxygen atoms in total. The summed E-state index contributed by atoms with van der Waals surface area (Å²) in [5, 5.41) is 3.23. The largest absolute Gasteiger partial charge is 0.497 e. The molecular formula is C18H24BrNO2. The maximum absolute atomic E-state index is 12.4. The van der Waals surface area contributed by atoms with Crippen LogP contribution in [0.3, 0.4) is 0 Å². The first-order valence-corrected chi connectivity index (χ1v) is 9.16. The van der Waals surface area contributed by atoms with Crippen LogP contribution < -0.4 is 10.1 Å². The fraction of sp³-hybridized carbons (Fsp3) is 0.611. The van der Waals surface area contributed by atoms with Gasteiger partial charge in [0.25, 0.3) is 5.91 Å². The van der Waals surface area contributed by atoms with E-state index in [1.807, 2.05) is 24.3 Å². The number of methoxy groups -OCH3 is 1. The zero-order valence-electron chi connectivity index (χ0n) is 13.1. The second kappa shape index (κ2) is 7.03. The number of carbonyl (C=O) groups excluding carboxylic acids is 1. The Bertz CT molecular complexity index is 516. The van der Waals surface area contributed by atoms with Gasteiger partial charge in [-0.05, 0) is 74.6 Å². The normalized spacial score (nSPS) is 31.2. The van der Waals surface area contributed by atoms with E-state index in [-0.39, 0.29) is 5.91 Å². The van der Waals surface area contributed by atoms with Gasteiger partial charge in [0.15, 0.2) is 0 Å². The molecule has 120 valence electrons. The molecular weight excluding hydrogens is 342 g/mol. The number of nitrogens with one attached hydrogen (secondary N) is 1. The van der Waals surface area contributed by atoms with Crippen LogP contribution in [-0.4, -0.2) is 23.9 Å². The van der Waals surface area contributed by atoms with Gasteiger partial charge in [0.05, 0.1) is 7.11 Å². The van der Waals surface area contributed by atoms with Crippen molar-refractivity contribution in [3.8, 4) is 5.75 Å². The third-order valence-electron chi connectivity index (χ3n) is 5.24. The summed E-state index contributed by atoms with van der Waals surface area (Å²) in [5.41, 5.74) is 0.715. The van der Waals surface area contributed by atoms with E-state index in [0.29, 0.717) is 16.4 Å². The Balaban J connectivity index is 1.55. The minimum atomic E-state index is 0.0419. The average Bonchev–Trinajstić information content (AvgIpc) is 2.55. The molecule has 22 heavy (non-hydrogen) atoms. The monoisotopic (exact) mass is 365 g/mol. The molecule has 0 saturated heterocycles. The first-order chi connectivity index (χ1) is 10.7. The smallest absolute Gasteiger partial charge is 0.251 e. The van der Waals surface area contributed by atoms with Gasteiger partial charge in [0.1, 0.15) is 5.75 Å². The number of carbonyl (C=O) groups is 1. The van der Waals surface area contributed by atoms with Crippen molar-refractivity contribution in [1.82, 2.24) is 5.32 Å². The topological polar surface area (TPSA) is 38.3 Å². The Morgan fingerprint density at radius 2 is 1.77 bits per heavy atom. The number of hydrogen-bond acceptors (Lipinski definition) is 2. The molecule has 0 spiro atoms. The Labute approximate surface area is 140 Å². The maximum Gasteiger partial charge on any atom is 0.251 e. The number of hydrogen-bond donors (Lipinski definition) is 1. The zero-order chi connectivity index (χ0) is 15.5. The van der Waals surface area contributed by atoms with E-state index in [2.05, 4.69) is 21.2 Å². The highest BCUT2D eigenvalue weighted by molar-refractivity contribution is 9.09. The van der Waals surface area contributed by atoms with E-state index in [1.165, 1.54) is 25.7 Å². The fourth-order valence-corrected chi connectivity index (χ4v) is 4.72. The molecule has 2 fully saturated rings. The average molecular weight is 366 g/mol. The quantitative estimate of drug-likeness (QED) is 0.816. The van der Waals surface area contributed by atoms with E-state index >= 15 is 0 Å². The summed E-state index contributed by atoms with van der Waals surface area (Å²) in [4.78, 5) is 13.1. The Morgan fingerprint density at radius 3 is 2.50 bits per heavy atom. The van der Waals surface area contributed by atoms with Crippen molar-refractivity contribution < 1.29 is 9.53 Å². The molecule has 0 aromatic heterocycles. The fourth-order valence-electron chi connectivity index (χ4n) is 3.97. The third kappa shape index (κ3) is 3.65. The van der Waals surface area contributed by atoms with Crippen LogP contribution in [0.5, 0.6) is 5.75 Å². The van der Waals surface area contributed by atoms with Crippen molar-refractivity contribution in [1.29, 1.82) is 0 Å². The van der Waals surface area contributed by atoms with Gasteiger partial charge in [0, 0.05) is 16.4 Å². The van der Waals surface area contributed by atoms with Gasteiger partial charge in [0.2, 0.25) is 0 Å². The second-order valence-corrected chi connectivity index (χ2v) is 7.94. The lowest BCUT2D eigenvalue weighted by Gasteiger charge is -2.41. The van der Waals surface area contributed by atoms with Gasteiger partial charge >= 0.3 is 0 Å². The number of rotatable bonds is 3. The van der Waals surface area contributed by atoms with Crippen molar-refractivity contribution in [3.05, 3.63) is 29.8 Å². The van der Waals surface area contributed by atoms with Crippen molar-refractivity contribution in [2.24, 2.45) is 11.8 Å². The molecule has 0 aliphatic heterocycles. The molecule has 0 radical (unpaired) electrons. The highest BCUT2D eigenvalue weighted by Gasteiger charge is 2.35. The van der Waals surface area contributed by atoms with Gasteiger partial charge < -0.3 is 10.1 Å². The molecule has 4 unspecified atom stereocenters. The Hall–Kier alpha value is -1.03. The molecule has 1 aromatic carbocycles.